The minimum atomic E-state index is -0.291. The summed E-state index contributed by atoms with van der Waals surface area (Å²) in [5, 5.41) is 6.83. The number of rotatable bonds is 3. The van der Waals surface area contributed by atoms with Crippen LogP contribution in [-0.2, 0) is 10.2 Å². The molecule has 23 heavy (non-hydrogen) atoms. The SMILES string of the molecule is CC(C)(C)c1cc(NC(=O)[C@@H]2CCCN2c2ncccn2)on1. The van der Waals surface area contributed by atoms with Gasteiger partial charge < -0.3 is 9.42 Å². The highest BCUT2D eigenvalue weighted by molar-refractivity contribution is 5.96. The number of nitrogens with zero attached hydrogens (tertiary/aromatic N) is 4. The number of aromatic nitrogens is 3. The minimum absolute atomic E-state index is 0.119. The van der Waals surface area contributed by atoms with Crippen molar-refractivity contribution in [1.82, 2.24) is 15.1 Å². The zero-order valence-electron chi connectivity index (χ0n) is 13.6. The van der Waals surface area contributed by atoms with Gasteiger partial charge in [-0.2, -0.15) is 0 Å². The first-order valence-corrected chi connectivity index (χ1v) is 7.77. The Balaban J connectivity index is 1.71. The standard InChI is InChI=1S/C16H21N5O2/c1-16(2,3)12-10-13(23-20-12)19-14(22)11-6-4-9-21(11)15-17-7-5-8-18-15/h5,7-8,10-11H,4,6,9H2,1-3H3,(H,19,22)/t11-/m0/s1. The maximum Gasteiger partial charge on any atom is 0.249 e. The van der Waals surface area contributed by atoms with Gasteiger partial charge in [-0.15, -0.1) is 0 Å². The highest BCUT2D eigenvalue weighted by Gasteiger charge is 2.33. The van der Waals surface area contributed by atoms with Gasteiger partial charge in [0.1, 0.15) is 6.04 Å². The van der Waals surface area contributed by atoms with E-state index in [4.69, 9.17) is 4.52 Å². The van der Waals surface area contributed by atoms with Gasteiger partial charge in [-0.25, -0.2) is 9.97 Å². The first-order chi connectivity index (χ1) is 10.9. The van der Waals surface area contributed by atoms with Crippen molar-refractivity contribution >= 4 is 17.7 Å². The van der Waals surface area contributed by atoms with Gasteiger partial charge in [-0.05, 0) is 18.9 Å². The number of amides is 1. The van der Waals surface area contributed by atoms with Gasteiger partial charge in [0.25, 0.3) is 0 Å². The smallest absolute Gasteiger partial charge is 0.249 e. The number of carbonyl (C=O) groups is 1. The average molecular weight is 315 g/mol. The van der Waals surface area contributed by atoms with E-state index < -0.39 is 0 Å². The molecule has 1 saturated heterocycles. The predicted molar refractivity (Wildman–Crippen MR) is 86.2 cm³/mol. The number of hydrogen-bond acceptors (Lipinski definition) is 6. The van der Waals surface area contributed by atoms with Gasteiger partial charge in [0.15, 0.2) is 0 Å². The molecule has 0 aliphatic carbocycles. The molecule has 1 aliphatic rings. The van der Waals surface area contributed by atoms with E-state index in [0.29, 0.717) is 11.8 Å². The van der Waals surface area contributed by atoms with E-state index in [1.165, 1.54) is 0 Å². The van der Waals surface area contributed by atoms with Crippen molar-refractivity contribution in [2.45, 2.75) is 45.1 Å². The molecular formula is C16H21N5O2. The molecule has 2 aromatic heterocycles. The van der Waals surface area contributed by atoms with Gasteiger partial charge in [0, 0.05) is 30.4 Å². The molecule has 1 atom stereocenters. The van der Waals surface area contributed by atoms with Gasteiger partial charge >= 0.3 is 0 Å². The lowest BCUT2D eigenvalue weighted by atomic mass is 9.92. The van der Waals surface area contributed by atoms with Crippen molar-refractivity contribution in [3.8, 4) is 0 Å². The third-order valence-electron chi connectivity index (χ3n) is 3.89. The Morgan fingerprint density at radius 1 is 1.35 bits per heavy atom. The second-order valence-corrected chi connectivity index (χ2v) is 6.72. The highest BCUT2D eigenvalue weighted by Crippen LogP contribution is 2.26. The van der Waals surface area contributed by atoms with Crippen molar-refractivity contribution in [2.24, 2.45) is 0 Å². The van der Waals surface area contributed by atoms with Crippen molar-refractivity contribution in [3.63, 3.8) is 0 Å². The van der Waals surface area contributed by atoms with Gasteiger partial charge in [0.2, 0.25) is 17.7 Å². The maximum atomic E-state index is 12.6. The summed E-state index contributed by atoms with van der Waals surface area (Å²) in [6.45, 7) is 6.90. The van der Waals surface area contributed by atoms with E-state index in [9.17, 15) is 4.79 Å². The topological polar surface area (TPSA) is 84.2 Å². The second kappa shape index (κ2) is 5.98. The van der Waals surface area contributed by atoms with Crippen LogP contribution in [0.3, 0.4) is 0 Å². The van der Waals surface area contributed by atoms with Crippen LogP contribution in [0.15, 0.2) is 29.0 Å². The summed E-state index contributed by atoms with van der Waals surface area (Å²) in [6.07, 6.45) is 5.06. The van der Waals surface area contributed by atoms with E-state index in [2.05, 4.69) is 20.4 Å². The molecule has 1 aliphatic heterocycles. The number of anilines is 2. The fourth-order valence-electron chi connectivity index (χ4n) is 2.61. The molecule has 0 bridgehead atoms. The third kappa shape index (κ3) is 3.33. The van der Waals surface area contributed by atoms with Crippen LogP contribution in [0.5, 0.6) is 0 Å². The van der Waals surface area contributed by atoms with Gasteiger partial charge in [0.05, 0.1) is 5.69 Å². The summed E-state index contributed by atoms with van der Waals surface area (Å²) in [5.74, 6) is 0.838. The fraction of sp³-hybridized carbons (Fsp3) is 0.500. The van der Waals surface area contributed by atoms with Crippen LogP contribution in [0, 0.1) is 0 Å². The normalized spacial score (nSPS) is 18.2. The predicted octanol–water partition coefficient (Wildman–Crippen LogP) is 2.37. The molecule has 1 N–H and O–H groups in total. The second-order valence-electron chi connectivity index (χ2n) is 6.72. The molecular weight excluding hydrogens is 294 g/mol. The van der Waals surface area contributed by atoms with Crippen molar-refractivity contribution < 1.29 is 9.32 Å². The largest absolute Gasteiger partial charge is 0.338 e. The Kier molecular flexibility index (Phi) is 4.02. The Bertz CT molecular complexity index is 677. The van der Waals surface area contributed by atoms with Crippen LogP contribution in [0.2, 0.25) is 0 Å². The Morgan fingerprint density at radius 3 is 2.74 bits per heavy atom. The molecule has 2 aromatic rings. The Hall–Kier alpha value is -2.44. The summed E-state index contributed by atoms with van der Waals surface area (Å²) in [6, 6.07) is 3.24. The van der Waals surface area contributed by atoms with Crippen LogP contribution in [0.4, 0.5) is 11.8 Å². The maximum absolute atomic E-state index is 12.6. The minimum Gasteiger partial charge on any atom is -0.338 e. The molecule has 3 rings (SSSR count). The van der Waals surface area contributed by atoms with Crippen LogP contribution in [0.25, 0.3) is 0 Å². The highest BCUT2D eigenvalue weighted by atomic mass is 16.5. The first kappa shape index (κ1) is 15.5. The monoisotopic (exact) mass is 315 g/mol. The molecule has 0 spiro atoms. The molecule has 0 saturated carbocycles. The zero-order chi connectivity index (χ0) is 16.4. The molecule has 0 unspecified atom stereocenters. The van der Waals surface area contributed by atoms with E-state index in [0.717, 1.165) is 25.1 Å². The van der Waals surface area contributed by atoms with E-state index >= 15 is 0 Å². The molecule has 3 heterocycles. The molecule has 7 heteroatoms. The molecule has 1 fully saturated rings. The summed E-state index contributed by atoms with van der Waals surface area (Å²) in [4.78, 5) is 23.0. The van der Waals surface area contributed by atoms with Crippen LogP contribution in [-0.4, -0.2) is 33.6 Å². The lowest BCUT2D eigenvalue weighted by Crippen LogP contribution is -2.40. The van der Waals surface area contributed by atoms with E-state index in [-0.39, 0.29) is 17.4 Å². The number of carbonyl (C=O) groups excluding carboxylic acids is 1. The summed E-state index contributed by atoms with van der Waals surface area (Å²) in [5.41, 5.74) is 0.687. The van der Waals surface area contributed by atoms with Crippen LogP contribution >= 0.6 is 0 Å². The van der Waals surface area contributed by atoms with Crippen molar-refractivity contribution in [1.29, 1.82) is 0 Å². The van der Waals surface area contributed by atoms with Crippen molar-refractivity contribution in [2.75, 3.05) is 16.8 Å². The summed E-state index contributed by atoms with van der Waals surface area (Å²) >= 11 is 0. The lowest BCUT2D eigenvalue weighted by molar-refractivity contribution is -0.117. The number of nitrogens with one attached hydrogen (secondary N) is 1. The molecule has 0 aromatic carbocycles. The average Bonchev–Trinajstić information content (AvgIpc) is 3.16. The molecule has 1 amide bonds. The van der Waals surface area contributed by atoms with Crippen LogP contribution < -0.4 is 10.2 Å². The molecule has 122 valence electrons. The Morgan fingerprint density at radius 2 is 2.09 bits per heavy atom. The summed E-state index contributed by atoms with van der Waals surface area (Å²) in [7, 11) is 0. The lowest BCUT2D eigenvalue weighted by Gasteiger charge is -2.22. The molecule has 0 radical (unpaired) electrons. The molecule has 7 nitrogen and oxygen atoms in total. The number of hydrogen-bond donors (Lipinski definition) is 1. The fourth-order valence-corrected chi connectivity index (χ4v) is 2.61. The Labute approximate surface area is 135 Å². The van der Waals surface area contributed by atoms with Crippen molar-refractivity contribution in [3.05, 3.63) is 30.2 Å². The third-order valence-corrected chi connectivity index (χ3v) is 3.89. The zero-order valence-corrected chi connectivity index (χ0v) is 13.6. The quantitative estimate of drug-likeness (QED) is 0.936. The van der Waals surface area contributed by atoms with E-state index in [1.807, 2.05) is 25.7 Å². The van der Waals surface area contributed by atoms with Crippen LogP contribution in [0.1, 0.15) is 39.3 Å². The van der Waals surface area contributed by atoms with E-state index in [1.54, 1.807) is 24.5 Å². The summed E-state index contributed by atoms with van der Waals surface area (Å²) < 4.78 is 5.23. The van der Waals surface area contributed by atoms with Gasteiger partial charge in [-0.1, -0.05) is 25.9 Å². The first-order valence-electron chi connectivity index (χ1n) is 7.77. The van der Waals surface area contributed by atoms with Gasteiger partial charge in [-0.3, -0.25) is 10.1 Å².